The molecule has 0 aromatic heterocycles. The van der Waals surface area contributed by atoms with Crippen molar-refractivity contribution in [3.8, 4) is 23.3 Å². The van der Waals surface area contributed by atoms with E-state index in [1.54, 1.807) is 24.1 Å². The van der Waals surface area contributed by atoms with Gasteiger partial charge in [0.25, 0.3) is 5.91 Å². The van der Waals surface area contributed by atoms with E-state index in [4.69, 9.17) is 4.74 Å². The van der Waals surface area contributed by atoms with E-state index in [-0.39, 0.29) is 17.7 Å². The number of nitrogens with zero attached hydrogens (tertiary/aromatic N) is 2. The van der Waals surface area contributed by atoms with Gasteiger partial charge >= 0.3 is 0 Å². The van der Waals surface area contributed by atoms with Crippen LogP contribution in [-0.4, -0.2) is 75.0 Å². The standard InChI is InChI=1S/C30H32N2O5/c1-31(23(34)12-9-18-5-3-2-4-6-18)21-13-14-30(36)27-25(35)20-10-11-22(33)26-24(20)29(30,28(21)37-26)15-16-32(27)17-19-7-8-19/h2-6,10-11,19,21,25,27-28,33,35-36H,7-8,13-17H2,1H3/t21-,25+,27-,28+,29+,30-/m1/s1. The van der Waals surface area contributed by atoms with Crippen LogP contribution in [0, 0.1) is 17.8 Å². The number of carbonyl (C=O) groups is 1. The molecule has 0 radical (unpaired) electrons. The van der Waals surface area contributed by atoms with Crippen molar-refractivity contribution in [3.05, 3.63) is 59.2 Å². The number of ether oxygens (including phenoxy) is 1. The van der Waals surface area contributed by atoms with Crippen LogP contribution in [0.2, 0.25) is 0 Å². The van der Waals surface area contributed by atoms with E-state index in [1.807, 2.05) is 30.3 Å². The topological polar surface area (TPSA) is 93.5 Å². The van der Waals surface area contributed by atoms with Crippen molar-refractivity contribution in [2.45, 2.75) is 67.4 Å². The van der Waals surface area contributed by atoms with Gasteiger partial charge in [0.1, 0.15) is 6.10 Å². The second-order valence-corrected chi connectivity index (χ2v) is 11.5. The fourth-order valence-corrected chi connectivity index (χ4v) is 7.80. The van der Waals surface area contributed by atoms with Gasteiger partial charge in [-0.15, -0.1) is 0 Å². The van der Waals surface area contributed by atoms with E-state index < -0.39 is 29.3 Å². The first-order valence-electron chi connectivity index (χ1n) is 13.4. The lowest BCUT2D eigenvalue weighted by Gasteiger charge is -2.65. The second-order valence-electron chi connectivity index (χ2n) is 11.5. The number of likely N-dealkylation sites (tertiary alicyclic amines) is 1. The highest BCUT2D eigenvalue weighted by Crippen LogP contribution is 2.67. The minimum atomic E-state index is -1.23. The SMILES string of the molecule is CN(C(=O)C#Cc1ccccc1)[C@@H]1CC[C@@]2(O)[C@H]3[C@@H](O)c4ccc(O)c5c4[C@@]2(CCN3CC2CC2)[C@H]1O5. The molecule has 7 rings (SSSR count). The molecule has 6 atom stereocenters. The molecular weight excluding hydrogens is 468 g/mol. The maximum atomic E-state index is 13.2. The lowest BCUT2D eigenvalue weighted by Crippen LogP contribution is -2.79. The van der Waals surface area contributed by atoms with Crippen LogP contribution in [0.1, 0.15) is 54.9 Å². The molecule has 2 aromatic carbocycles. The van der Waals surface area contributed by atoms with Gasteiger partial charge in [0.2, 0.25) is 0 Å². The smallest absolute Gasteiger partial charge is 0.298 e. The number of piperidine rings is 1. The van der Waals surface area contributed by atoms with Gasteiger partial charge in [-0.2, -0.15) is 0 Å². The average Bonchev–Trinajstić information content (AvgIpc) is 3.64. The Morgan fingerprint density at radius 2 is 1.95 bits per heavy atom. The summed E-state index contributed by atoms with van der Waals surface area (Å²) in [4.78, 5) is 17.2. The van der Waals surface area contributed by atoms with E-state index in [0.717, 1.165) is 29.8 Å². The molecule has 3 fully saturated rings. The summed E-state index contributed by atoms with van der Waals surface area (Å²) < 4.78 is 6.52. The van der Waals surface area contributed by atoms with Crippen molar-refractivity contribution < 1.29 is 24.9 Å². The Kier molecular flexibility index (Phi) is 4.98. The van der Waals surface area contributed by atoms with E-state index in [2.05, 4.69) is 16.7 Å². The highest BCUT2D eigenvalue weighted by molar-refractivity contribution is 5.94. The Morgan fingerprint density at radius 1 is 1.16 bits per heavy atom. The first kappa shape index (κ1) is 23.1. The molecule has 1 amide bonds. The molecule has 2 heterocycles. The zero-order valence-electron chi connectivity index (χ0n) is 20.9. The highest BCUT2D eigenvalue weighted by Gasteiger charge is 2.75. The van der Waals surface area contributed by atoms with Crippen LogP contribution >= 0.6 is 0 Å². The number of phenolic OH excluding ortho intramolecular Hbond substituents is 1. The molecule has 0 unspecified atom stereocenters. The summed E-state index contributed by atoms with van der Waals surface area (Å²) in [5.74, 6) is 6.39. The molecule has 7 heteroatoms. The predicted octanol–water partition coefficient (Wildman–Crippen LogP) is 2.33. The minimum Gasteiger partial charge on any atom is -0.504 e. The first-order valence-corrected chi connectivity index (χ1v) is 13.4. The monoisotopic (exact) mass is 500 g/mol. The molecule has 5 aliphatic rings. The number of carbonyl (C=O) groups excluding carboxylic acids is 1. The molecule has 1 saturated heterocycles. The number of aromatic hydroxyl groups is 1. The Morgan fingerprint density at radius 3 is 2.70 bits per heavy atom. The number of hydrogen-bond donors (Lipinski definition) is 3. The second kappa shape index (κ2) is 7.97. The van der Waals surface area contributed by atoms with Crippen LogP contribution in [-0.2, 0) is 10.2 Å². The van der Waals surface area contributed by atoms with Crippen molar-refractivity contribution in [2.75, 3.05) is 20.1 Å². The summed E-state index contributed by atoms with van der Waals surface area (Å²) in [6.45, 7) is 1.61. The number of benzene rings is 2. The lowest BCUT2D eigenvalue weighted by atomic mass is 9.47. The van der Waals surface area contributed by atoms with Gasteiger partial charge in [0.15, 0.2) is 11.5 Å². The molecule has 2 aliphatic heterocycles. The Balaban J connectivity index is 1.29. The van der Waals surface area contributed by atoms with E-state index >= 15 is 0 Å². The van der Waals surface area contributed by atoms with Crippen LogP contribution in [0.15, 0.2) is 42.5 Å². The van der Waals surface area contributed by atoms with Gasteiger partial charge in [0.05, 0.1) is 29.2 Å². The van der Waals surface area contributed by atoms with Crippen LogP contribution in [0.4, 0.5) is 0 Å². The summed E-state index contributed by atoms with van der Waals surface area (Å²) in [7, 11) is 1.75. The predicted molar refractivity (Wildman–Crippen MR) is 136 cm³/mol. The quantitative estimate of drug-likeness (QED) is 0.561. The summed E-state index contributed by atoms with van der Waals surface area (Å²) in [5, 5.41) is 35.0. The highest BCUT2D eigenvalue weighted by atomic mass is 16.5. The van der Waals surface area contributed by atoms with E-state index in [1.165, 1.54) is 12.8 Å². The normalized spacial score (nSPS) is 35.1. The maximum Gasteiger partial charge on any atom is 0.298 e. The van der Waals surface area contributed by atoms with Gasteiger partial charge in [-0.25, -0.2) is 0 Å². The zero-order valence-corrected chi connectivity index (χ0v) is 20.9. The van der Waals surface area contributed by atoms with Gasteiger partial charge in [0, 0.05) is 30.6 Å². The molecule has 1 spiro atoms. The number of rotatable bonds is 3. The van der Waals surface area contributed by atoms with Crippen molar-refractivity contribution in [3.63, 3.8) is 0 Å². The summed E-state index contributed by atoms with van der Waals surface area (Å²) in [5.41, 5.74) is 0.184. The summed E-state index contributed by atoms with van der Waals surface area (Å²) in [6.07, 6.45) is 2.56. The number of phenols is 1. The summed E-state index contributed by atoms with van der Waals surface area (Å²) in [6, 6.07) is 12.0. The van der Waals surface area contributed by atoms with Gasteiger partial charge < -0.3 is 25.0 Å². The Hall–Kier alpha value is -3.05. The third kappa shape index (κ3) is 3.10. The Bertz CT molecular complexity index is 1330. The van der Waals surface area contributed by atoms with Gasteiger partial charge in [-0.05, 0) is 68.3 Å². The van der Waals surface area contributed by atoms with Crippen LogP contribution in [0.5, 0.6) is 11.5 Å². The summed E-state index contributed by atoms with van der Waals surface area (Å²) >= 11 is 0. The van der Waals surface area contributed by atoms with E-state index in [0.29, 0.717) is 30.9 Å². The van der Waals surface area contributed by atoms with Crippen molar-refractivity contribution >= 4 is 5.91 Å². The van der Waals surface area contributed by atoms with Gasteiger partial charge in [-0.1, -0.05) is 30.2 Å². The molecule has 3 N–H and O–H groups in total. The third-order valence-electron chi connectivity index (χ3n) is 9.68. The fraction of sp³-hybridized carbons (Fsp3) is 0.500. The molecule has 7 nitrogen and oxygen atoms in total. The van der Waals surface area contributed by atoms with Gasteiger partial charge in [-0.3, -0.25) is 9.69 Å². The number of aliphatic hydroxyl groups is 2. The zero-order chi connectivity index (χ0) is 25.5. The molecule has 37 heavy (non-hydrogen) atoms. The van der Waals surface area contributed by atoms with Crippen LogP contribution in [0.25, 0.3) is 0 Å². The molecule has 192 valence electrons. The molecular formula is C30H32N2O5. The van der Waals surface area contributed by atoms with Crippen molar-refractivity contribution in [1.29, 1.82) is 0 Å². The van der Waals surface area contributed by atoms with Crippen LogP contribution in [0.3, 0.4) is 0 Å². The van der Waals surface area contributed by atoms with E-state index in [9.17, 15) is 20.1 Å². The molecule has 2 bridgehead atoms. The number of likely N-dealkylation sites (N-methyl/N-ethyl adjacent to an activating group) is 1. The number of aliphatic hydroxyl groups excluding tert-OH is 1. The fourth-order valence-electron chi connectivity index (χ4n) is 7.80. The first-order chi connectivity index (χ1) is 17.8. The largest absolute Gasteiger partial charge is 0.504 e. The molecule has 3 aliphatic carbocycles. The molecule has 2 aromatic rings. The van der Waals surface area contributed by atoms with Crippen molar-refractivity contribution in [1.82, 2.24) is 9.80 Å². The Labute approximate surface area is 216 Å². The third-order valence-corrected chi connectivity index (χ3v) is 9.68. The number of hydrogen-bond acceptors (Lipinski definition) is 6. The maximum absolute atomic E-state index is 13.2. The molecule has 2 saturated carbocycles. The minimum absolute atomic E-state index is 0.00698. The van der Waals surface area contributed by atoms with Crippen LogP contribution < -0.4 is 4.74 Å². The van der Waals surface area contributed by atoms with Crippen molar-refractivity contribution in [2.24, 2.45) is 5.92 Å². The average molecular weight is 501 g/mol. The lowest BCUT2D eigenvalue weighted by molar-refractivity contribution is -0.223. The number of amides is 1.